The van der Waals surface area contributed by atoms with E-state index in [9.17, 15) is 19.5 Å². The molecule has 0 aliphatic carbocycles. The molecule has 25 heavy (non-hydrogen) atoms. The summed E-state index contributed by atoms with van der Waals surface area (Å²) in [6.07, 6.45) is 1.00. The number of esters is 1. The summed E-state index contributed by atoms with van der Waals surface area (Å²) in [4.78, 5) is 37.2. The van der Waals surface area contributed by atoms with Crippen LogP contribution >= 0.6 is 0 Å². The van der Waals surface area contributed by atoms with Gasteiger partial charge in [-0.3, -0.25) is 9.69 Å². The first kappa shape index (κ1) is 20.7. The molecule has 8 heteroatoms. The van der Waals surface area contributed by atoms with Gasteiger partial charge in [0.25, 0.3) is 0 Å². The Labute approximate surface area is 147 Å². The number of hydrogen-bond donors (Lipinski definition) is 2. The SMILES string of the molecule is C=CCOC(=O)N1CC(=O)C=C(N[C@H](C(=O)OC(C)(C)C)[C@@H](C)O)C1. The van der Waals surface area contributed by atoms with E-state index in [1.54, 1.807) is 20.8 Å². The predicted molar refractivity (Wildman–Crippen MR) is 90.7 cm³/mol. The minimum Gasteiger partial charge on any atom is -0.458 e. The number of aliphatic hydroxyl groups is 1. The van der Waals surface area contributed by atoms with E-state index in [4.69, 9.17) is 9.47 Å². The minimum atomic E-state index is -1.07. The third-order valence-corrected chi connectivity index (χ3v) is 3.11. The molecule has 0 spiro atoms. The van der Waals surface area contributed by atoms with Gasteiger partial charge in [0.15, 0.2) is 11.8 Å². The Balaban J connectivity index is 2.83. The van der Waals surface area contributed by atoms with Crippen LogP contribution in [0.1, 0.15) is 27.7 Å². The van der Waals surface area contributed by atoms with Crippen molar-refractivity contribution in [2.75, 3.05) is 19.7 Å². The zero-order valence-corrected chi connectivity index (χ0v) is 15.1. The molecule has 2 N–H and O–H groups in total. The van der Waals surface area contributed by atoms with Crippen molar-refractivity contribution in [2.24, 2.45) is 0 Å². The van der Waals surface area contributed by atoms with Crippen molar-refractivity contribution in [3.05, 3.63) is 24.4 Å². The van der Waals surface area contributed by atoms with Gasteiger partial charge >= 0.3 is 12.1 Å². The summed E-state index contributed by atoms with van der Waals surface area (Å²) in [5, 5.41) is 12.7. The maximum atomic E-state index is 12.2. The Kier molecular flexibility index (Phi) is 7.17. The fourth-order valence-corrected chi connectivity index (χ4v) is 2.11. The van der Waals surface area contributed by atoms with Crippen molar-refractivity contribution in [3.8, 4) is 0 Å². The molecule has 0 saturated carbocycles. The minimum absolute atomic E-state index is 0.0320. The molecule has 0 saturated heterocycles. The fourth-order valence-electron chi connectivity index (χ4n) is 2.11. The number of ether oxygens (including phenoxy) is 2. The van der Waals surface area contributed by atoms with Gasteiger partial charge < -0.3 is 19.9 Å². The van der Waals surface area contributed by atoms with Gasteiger partial charge in [0.05, 0.1) is 19.2 Å². The van der Waals surface area contributed by atoms with E-state index >= 15 is 0 Å². The van der Waals surface area contributed by atoms with Gasteiger partial charge in [-0.25, -0.2) is 9.59 Å². The van der Waals surface area contributed by atoms with Gasteiger partial charge in [-0.1, -0.05) is 12.7 Å². The van der Waals surface area contributed by atoms with E-state index < -0.39 is 29.8 Å². The number of carbonyl (C=O) groups is 3. The first-order valence-corrected chi connectivity index (χ1v) is 7.97. The first-order chi connectivity index (χ1) is 11.5. The number of nitrogens with one attached hydrogen (secondary N) is 1. The molecule has 0 unspecified atom stereocenters. The number of ketones is 1. The molecule has 1 amide bonds. The summed E-state index contributed by atoms with van der Waals surface area (Å²) >= 11 is 0. The van der Waals surface area contributed by atoms with E-state index in [2.05, 4.69) is 11.9 Å². The molecule has 0 bridgehead atoms. The Hall–Kier alpha value is -2.35. The van der Waals surface area contributed by atoms with Crippen LogP contribution in [0.25, 0.3) is 0 Å². The van der Waals surface area contributed by atoms with Gasteiger partial charge in [-0.05, 0) is 27.7 Å². The molecule has 1 rings (SSSR count). The van der Waals surface area contributed by atoms with Gasteiger partial charge in [0.1, 0.15) is 12.2 Å². The van der Waals surface area contributed by atoms with Crippen molar-refractivity contribution in [3.63, 3.8) is 0 Å². The lowest BCUT2D eigenvalue weighted by molar-refractivity contribution is -0.160. The highest BCUT2D eigenvalue weighted by molar-refractivity contribution is 5.95. The smallest absolute Gasteiger partial charge is 0.410 e. The quantitative estimate of drug-likeness (QED) is 0.536. The zero-order valence-electron chi connectivity index (χ0n) is 15.1. The third kappa shape index (κ3) is 6.96. The van der Waals surface area contributed by atoms with Crippen LogP contribution < -0.4 is 5.32 Å². The molecule has 0 aromatic carbocycles. The maximum absolute atomic E-state index is 12.2. The highest BCUT2D eigenvalue weighted by Crippen LogP contribution is 2.13. The van der Waals surface area contributed by atoms with Crippen LogP contribution in [0.5, 0.6) is 0 Å². The molecule has 1 heterocycles. The molecule has 1 aliphatic heterocycles. The number of carbonyl (C=O) groups excluding carboxylic acids is 3. The number of hydrogen-bond acceptors (Lipinski definition) is 7. The Morgan fingerprint density at radius 1 is 1.44 bits per heavy atom. The van der Waals surface area contributed by atoms with Crippen molar-refractivity contribution >= 4 is 17.8 Å². The van der Waals surface area contributed by atoms with Crippen LogP contribution in [0, 0.1) is 0 Å². The summed E-state index contributed by atoms with van der Waals surface area (Å²) in [6.45, 7) is 9.99. The standard InChI is InChI=1S/C17H26N2O6/c1-6-7-24-16(23)19-9-12(8-13(21)10-19)18-14(11(2)20)15(22)25-17(3,4)5/h6,8,11,14,18,20H,1,7,9-10H2,2-5H3/t11-,14+/m1/s1. The molecule has 140 valence electrons. The summed E-state index contributed by atoms with van der Waals surface area (Å²) in [5.74, 6) is -0.972. The predicted octanol–water partition coefficient (Wildman–Crippen LogP) is 0.758. The molecule has 8 nitrogen and oxygen atoms in total. The van der Waals surface area contributed by atoms with E-state index in [-0.39, 0.29) is 25.5 Å². The van der Waals surface area contributed by atoms with Crippen molar-refractivity contribution in [1.82, 2.24) is 10.2 Å². The van der Waals surface area contributed by atoms with Crippen molar-refractivity contribution in [1.29, 1.82) is 0 Å². The molecule has 0 radical (unpaired) electrons. The van der Waals surface area contributed by atoms with Gasteiger partial charge in [0.2, 0.25) is 0 Å². The summed E-state index contributed by atoms with van der Waals surface area (Å²) in [6, 6.07) is -1.07. The molecule has 1 aliphatic rings. The second kappa shape index (κ2) is 8.66. The number of aliphatic hydroxyl groups excluding tert-OH is 1. The third-order valence-electron chi connectivity index (χ3n) is 3.11. The molecular formula is C17H26N2O6. The van der Waals surface area contributed by atoms with Crippen LogP contribution in [-0.2, 0) is 19.1 Å². The average molecular weight is 354 g/mol. The van der Waals surface area contributed by atoms with Crippen LogP contribution in [0.15, 0.2) is 24.4 Å². The van der Waals surface area contributed by atoms with E-state index in [0.29, 0.717) is 5.70 Å². The van der Waals surface area contributed by atoms with Gasteiger partial charge in [-0.2, -0.15) is 0 Å². The lowest BCUT2D eigenvalue weighted by Crippen LogP contribution is -2.51. The van der Waals surface area contributed by atoms with Crippen molar-refractivity contribution < 1.29 is 29.0 Å². The number of amides is 1. The second-order valence-electron chi connectivity index (χ2n) is 6.75. The largest absolute Gasteiger partial charge is 0.458 e. The number of nitrogens with zero attached hydrogens (tertiary/aromatic N) is 1. The lowest BCUT2D eigenvalue weighted by atomic mass is 10.1. The van der Waals surface area contributed by atoms with Crippen molar-refractivity contribution in [2.45, 2.75) is 45.4 Å². The van der Waals surface area contributed by atoms with Crippen LogP contribution in [0.3, 0.4) is 0 Å². The Morgan fingerprint density at radius 2 is 2.08 bits per heavy atom. The normalized spacial score (nSPS) is 17.2. The molecule has 0 aromatic heterocycles. The highest BCUT2D eigenvalue weighted by atomic mass is 16.6. The van der Waals surface area contributed by atoms with Crippen LogP contribution in [0.4, 0.5) is 4.79 Å². The molecular weight excluding hydrogens is 328 g/mol. The van der Waals surface area contributed by atoms with E-state index in [1.807, 2.05) is 0 Å². The topological polar surface area (TPSA) is 105 Å². The Bertz CT molecular complexity index is 562. The van der Waals surface area contributed by atoms with E-state index in [1.165, 1.54) is 24.0 Å². The van der Waals surface area contributed by atoms with Gasteiger partial charge in [0, 0.05) is 11.8 Å². The zero-order chi connectivity index (χ0) is 19.2. The fraction of sp³-hybridized carbons (Fsp3) is 0.588. The molecule has 0 aromatic rings. The van der Waals surface area contributed by atoms with Crippen LogP contribution in [0.2, 0.25) is 0 Å². The highest BCUT2D eigenvalue weighted by Gasteiger charge is 2.32. The number of rotatable bonds is 6. The monoisotopic (exact) mass is 354 g/mol. The molecule has 2 atom stereocenters. The van der Waals surface area contributed by atoms with Gasteiger partial charge in [-0.15, -0.1) is 0 Å². The first-order valence-electron chi connectivity index (χ1n) is 7.97. The Morgan fingerprint density at radius 3 is 2.60 bits per heavy atom. The average Bonchev–Trinajstić information content (AvgIpc) is 2.47. The molecule has 0 fully saturated rings. The maximum Gasteiger partial charge on any atom is 0.410 e. The summed E-state index contributed by atoms with van der Waals surface area (Å²) in [7, 11) is 0. The summed E-state index contributed by atoms with van der Waals surface area (Å²) < 4.78 is 10.2. The lowest BCUT2D eigenvalue weighted by Gasteiger charge is -2.30. The van der Waals surface area contributed by atoms with Crippen LogP contribution in [-0.4, -0.2) is 65.3 Å². The van der Waals surface area contributed by atoms with E-state index in [0.717, 1.165) is 0 Å². The summed E-state index contributed by atoms with van der Waals surface area (Å²) in [5.41, 5.74) is -0.396. The second-order valence-corrected chi connectivity index (χ2v) is 6.75.